The van der Waals surface area contributed by atoms with E-state index in [0.29, 0.717) is 17.8 Å². The van der Waals surface area contributed by atoms with E-state index in [9.17, 15) is 0 Å². The van der Waals surface area contributed by atoms with E-state index < -0.39 is 0 Å². The molecule has 0 amide bonds. The summed E-state index contributed by atoms with van der Waals surface area (Å²) < 4.78 is 0. The molecular formula is C10H20N6. The van der Waals surface area contributed by atoms with Crippen molar-refractivity contribution in [1.82, 2.24) is 15.0 Å². The van der Waals surface area contributed by atoms with Crippen LogP contribution in [0.25, 0.3) is 0 Å². The summed E-state index contributed by atoms with van der Waals surface area (Å²) >= 11 is 0. The van der Waals surface area contributed by atoms with Crippen molar-refractivity contribution in [2.45, 2.75) is 20.3 Å². The Hall–Kier alpha value is -1.59. The number of nitrogen functional groups attached to an aromatic ring is 1. The van der Waals surface area contributed by atoms with Gasteiger partial charge in [0.05, 0.1) is 0 Å². The van der Waals surface area contributed by atoms with E-state index in [1.165, 1.54) is 0 Å². The van der Waals surface area contributed by atoms with Gasteiger partial charge in [-0.3, -0.25) is 0 Å². The summed E-state index contributed by atoms with van der Waals surface area (Å²) in [7, 11) is 3.74. The molecule has 6 heteroatoms. The Morgan fingerprint density at radius 1 is 1.25 bits per heavy atom. The SMILES string of the molecule is CC(C)CCNc1nc(N)nc(N(C)C)n1. The Bertz CT molecular complexity index is 336. The molecular weight excluding hydrogens is 204 g/mol. The molecule has 0 radical (unpaired) electrons. The Balaban J connectivity index is 2.65. The van der Waals surface area contributed by atoms with Gasteiger partial charge in [-0.05, 0) is 12.3 Å². The Labute approximate surface area is 96.3 Å². The minimum atomic E-state index is 0.241. The summed E-state index contributed by atoms with van der Waals surface area (Å²) in [6.45, 7) is 5.19. The molecule has 0 spiro atoms. The van der Waals surface area contributed by atoms with Gasteiger partial charge >= 0.3 is 0 Å². The summed E-state index contributed by atoms with van der Waals surface area (Å²) in [6, 6.07) is 0. The molecule has 16 heavy (non-hydrogen) atoms. The first-order chi connectivity index (χ1) is 7.49. The van der Waals surface area contributed by atoms with Crippen LogP contribution in [0.4, 0.5) is 17.8 Å². The lowest BCUT2D eigenvalue weighted by Crippen LogP contribution is -2.17. The normalized spacial score (nSPS) is 10.6. The first kappa shape index (κ1) is 12.5. The van der Waals surface area contributed by atoms with E-state index in [4.69, 9.17) is 5.73 Å². The average molecular weight is 224 g/mol. The molecule has 1 aromatic heterocycles. The molecule has 0 aliphatic heterocycles. The molecule has 0 aromatic carbocycles. The van der Waals surface area contributed by atoms with Crippen molar-refractivity contribution in [3.63, 3.8) is 0 Å². The second-order valence-electron chi connectivity index (χ2n) is 4.32. The first-order valence-electron chi connectivity index (χ1n) is 5.41. The average Bonchev–Trinajstić information content (AvgIpc) is 2.16. The Morgan fingerprint density at radius 3 is 2.50 bits per heavy atom. The zero-order valence-electron chi connectivity index (χ0n) is 10.4. The van der Waals surface area contributed by atoms with E-state index in [0.717, 1.165) is 13.0 Å². The van der Waals surface area contributed by atoms with Crippen LogP contribution in [0.2, 0.25) is 0 Å². The van der Waals surface area contributed by atoms with Gasteiger partial charge < -0.3 is 16.0 Å². The molecule has 0 unspecified atom stereocenters. The minimum Gasteiger partial charge on any atom is -0.368 e. The third-order valence-electron chi connectivity index (χ3n) is 2.05. The number of anilines is 3. The largest absolute Gasteiger partial charge is 0.368 e. The van der Waals surface area contributed by atoms with Crippen LogP contribution in [0.3, 0.4) is 0 Å². The van der Waals surface area contributed by atoms with Crippen LogP contribution in [-0.2, 0) is 0 Å². The molecule has 1 rings (SSSR count). The zero-order valence-corrected chi connectivity index (χ0v) is 10.4. The third kappa shape index (κ3) is 3.88. The van der Waals surface area contributed by atoms with Crippen LogP contribution in [0, 0.1) is 5.92 Å². The molecule has 0 bridgehead atoms. The van der Waals surface area contributed by atoms with Crippen LogP contribution in [0.5, 0.6) is 0 Å². The minimum absolute atomic E-state index is 0.241. The third-order valence-corrected chi connectivity index (χ3v) is 2.05. The highest BCUT2D eigenvalue weighted by Gasteiger charge is 2.05. The summed E-state index contributed by atoms with van der Waals surface area (Å²) in [4.78, 5) is 14.1. The van der Waals surface area contributed by atoms with E-state index >= 15 is 0 Å². The summed E-state index contributed by atoms with van der Waals surface area (Å²) in [5, 5.41) is 3.14. The van der Waals surface area contributed by atoms with Crippen molar-refractivity contribution < 1.29 is 0 Å². The molecule has 0 fully saturated rings. The van der Waals surface area contributed by atoms with Gasteiger partial charge in [0.15, 0.2) is 0 Å². The van der Waals surface area contributed by atoms with Crippen molar-refractivity contribution in [3.8, 4) is 0 Å². The lowest BCUT2D eigenvalue weighted by Gasteiger charge is -2.12. The quantitative estimate of drug-likeness (QED) is 0.776. The number of rotatable bonds is 5. The topological polar surface area (TPSA) is 80.0 Å². The molecule has 1 aromatic rings. The lowest BCUT2D eigenvalue weighted by molar-refractivity contribution is 0.606. The monoisotopic (exact) mass is 224 g/mol. The predicted octanol–water partition coefficient (Wildman–Crippen LogP) is 0.978. The van der Waals surface area contributed by atoms with Gasteiger partial charge in [0, 0.05) is 20.6 Å². The molecule has 0 aliphatic carbocycles. The highest BCUT2D eigenvalue weighted by Crippen LogP contribution is 2.09. The maximum atomic E-state index is 5.60. The van der Waals surface area contributed by atoms with Crippen LogP contribution in [0.15, 0.2) is 0 Å². The molecule has 90 valence electrons. The molecule has 1 heterocycles. The van der Waals surface area contributed by atoms with Gasteiger partial charge in [0.2, 0.25) is 17.8 Å². The van der Waals surface area contributed by atoms with Crippen molar-refractivity contribution in [2.24, 2.45) is 5.92 Å². The lowest BCUT2D eigenvalue weighted by atomic mass is 10.1. The maximum absolute atomic E-state index is 5.60. The molecule has 0 saturated heterocycles. The number of hydrogen-bond acceptors (Lipinski definition) is 6. The smallest absolute Gasteiger partial charge is 0.231 e. The van der Waals surface area contributed by atoms with E-state index in [1.807, 2.05) is 14.1 Å². The molecule has 3 N–H and O–H groups in total. The highest BCUT2D eigenvalue weighted by molar-refractivity contribution is 5.40. The van der Waals surface area contributed by atoms with Gasteiger partial charge in [-0.1, -0.05) is 13.8 Å². The van der Waals surface area contributed by atoms with E-state index in [2.05, 4.69) is 34.1 Å². The number of aromatic nitrogens is 3. The maximum Gasteiger partial charge on any atom is 0.231 e. The number of hydrogen-bond donors (Lipinski definition) is 2. The van der Waals surface area contributed by atoms with Crippen molar-refractivity contribution in [3.05, 3.63) is 0 Å². The highest BCUT2D eigenvalue weighted by atomic mass is 15.3. The van der Waals surface area contributed by atoms with E-state index in [-0.39, 0.29) is 5.95 Å². The predicted molar refractivity (Wildman–Crippen MR) is 66.5 cm³/mol. The molecule has 0 saturated carbocycles. The fourth-order valence-corrected chi connectivity index (χ4v) is 1.13. The zero-order chi connectivity index (χ0) is 12.1. The Kier molecular flexibility index (Phi) is 4.28. The number of nitrogens with two attached hydrogens (primary N) is 1. The summed E-state index contributed by atoms with van der Waals surface area (Å²) in [6.07, 6.45) is 1.07. The van der Waals surface area contributed by atoms with Gasteiger partial charge in [-0.25, -0.2) is 0 Å². The summed E-state index contributed by atoms with van der Waals surface area (Å²) in [5.74, 6) is 2.00. The van der Waals surface area contributed by atoms with Crippen molar-refractivity contribution in [1.29, 1.82) is 0 Å². The fourth-order valence-electron chi connectivity index (χ4n) is 1.13. The second kappa shape index (κ2) is 5.48. The van der Waals surface area contributed by atoms with E-state index in [1.54, 1.807) is 4.90 Å². The van der Waals surface area contributed by atoms with Gasteiger partial charge in [0.1, 0.15) is 0 Å². The van der Waals surface area contributed by atoms with Gasteiger partial charge in [-0.2, -0.15) is 15.0 Å². The van der Waals surface area contributed by atoms with Crippen LogP contribution >= 0.6 is 0 Å². The van der Waals surface area contributed by atoms with Crippen LogP contribution in [0.1, 0.15) is 20.3 Å². The van der Waals surface area contributed by atoms with Crippen molar-refractivity contribution in [2.75, 3.05) is 36.6 Å². The number of nitrogens with one attached hydrogen (secondary N) is 1. The fraction of sp³-hybridized carbons (Fsp3) is 0.700. The van der Waals surface area contributed by atoms with Crippen molar-refractivity contribution >= 4 is 17.8 Å². The molecule has 0 atom stereocenters. The second-order valence-corrected chi connectivity index (χ2v) is 4.32. The Morgan fingerprint density at radius 2 is 1.94 bits per heavy atom. The molecule has 6 nitrogen and oxygen atoms in total. The number of nitrogens with zero attached hydrogens (tertiary/aromatic N) is 4. The summed E-state index contributed by atoms with van der Waals surface area (Å²) in [5.41, 5.74) is 5.60. The van der Waals surface area contributed by atoms with Crippen LogP contribution in [-0.4, -0.2) is 35.6 Å². The molecule has 0 aliphatic rings. The van der Waals surface area contributed by atoms with Crippen LogP contribution < -0.4 is 16.0 Å². The van der Waals surface area contributed by atoms with Gasteiger partial charge in [-0.15, -0.1) is 0 Å². The first-order valence-corrected chi connectivity index (χ1v) is 5.41. The standard InChI is InChI=1S/C10H20N6/c1-7(2)5-6-12-9-13-8(11)14-10(15-9)16(3)4/h7H,5-6H2,1-4H3,(H3,11,12,13,14,15). The van der Waals surface area contributed by atoms with Gasteiger partial charge in [0.25, 0.3) is 0 Å².